The lowest BCUT2D eigenvalue weighted by Crippen LogP contribution is -2.01. The summed E-state index contributed by atoms with van der Waals surface area (Å²) in [7, 11) is 0. The Labute approximate surface area is 125 Å². The van der Waals surface area contributed by atoms with E-state index in [9.17, 15) is 4.39 Å². The van der Waals surface area contributed by atoms with Gasteiger partial charge in [-0.15, -0.1) is 0 Å². The van der Waals surface area contributed by atoms with E-state index in [2.05, 4.69) is 29.6 Å². The maximum atomic E-state index is 13.8. The number of rotatable bonds is 6. The van der Waals surface area contributed by atoms with Crippen LogP contribution in [-0.4, -0.2) is 6.61 Å². The number of ether oxygens (including phenoxy) is 1. The molecule has 110 valence electrons. The second-order valence-electron chi connectivity index (χ2n) is 5.45. The second kappa shape index (κ2) is 6.17. The van der Waals surface area contributed by atoms with Crippen LogP contribution >= 0.6 is 0 Å². The molecule has 0 aromatic heterocycles. The fraction of sp³-hybridized carbons (Fsp3) is 0.333. The number of halogens is 1. The highest BCUT2D eigenvalue weighted by Crippen LogP contribution is 2.40. The van der Waals surface area contributed by atoms with Gasteiger partial charge in [-0.1, -0.05) is 24.3 Å². The zero-order chi connectivity index (χ0) is 14.7. The summed E-state index contributed by atoms with van der Waals surface area (Å²) in [6.45, 7) is 3.02. The van der Waals surface area contributed by atoms with Crippen LogP contribution in [0.5, 0.6) is 5.75 Å². The van der Waals surface area contributed by atoms with E-state index in [0.717, 1.165) is 11.6 Å². The molecule has 0 radical (unpaired) electrons. The number of anilines is 1. The van der Waals surface area contributed by atoms with Gasteiger partial charge >= 0.3 is 0 Å². The van der Waals surface area contributed by atoms with E-state index in [-0.39, 0.29) is 5.82 Å². The van der Waals surface area contributed by atoms with Crippen molar-refractivity contribution in [2.24, 2.45) is 0 Å². The minimum absolute atomic E-state index is 0.304. The summed E-state index contributed by atoms with van der Waals surface area (Å²) in [6, 6.07) is 13.6. The molecule has 0 unspecified atom stereocenters. The van der Waals surface area contributed by atoms with Gasteiger partial charge in [-0.2, -0.15) is 0 Å². The molecule has 2 nitrogen and oxygen atoms in total. The highest BCUT2D eigenvalue weighted by Gasteiger charge is 2.23. The smallest absolute Gasteiger partial charge is 0.167 e. The van der Waals surface area contributed by atoms with Crippen molar-refractivity contribution >= 4 is 5.69 Å². The minimum atomic E-state index is -0.325. The van der Waals surface area contributed by atoms with Gasteiger partial charge in [0.2, 0.25) is 0 Å². The topological polar surface area (TPSA) is 21.3 Å². The quantitative estimate of drug-likeness (QED) is 0.829. The van der Waals surface area contributed by atoms with Gasteiger partial charge in [0.05, 0.1) is 6.61 Å². The zero-order valence-electron chi connectivity index (χ0n) is 12.2. The maximum absolute atomic E-state index is 13.8. The molecule has 0 atom stereocenters. The molecular weight excluding hydrogens is 265 g/mol. The molecule has 0 saturated heterocycles. The van der Waals surface area contributed by atoms with Crippen LogP contribution in [0.3, 0.4) is 0 Å². The third-order valence-electron chi connectivity index (χ3n) is 3.73. The monoisotopic (exact) mass is 285 g/mol. The van der Waals surface area contributed by atoms with Gasteiger partial charge in [-0.25, -0.2) is 4.39 Å². The third-order valence-corrected chi connectivity index (χ3v) is 3.73. The normalized spacial score (nSPS) is 14.0. The molecule has 21 heavy (non-hydrogen) atoms. The van der Waals surface area contributed by atoms with Crippen LogP contribution < -0.4 is 10.1 Å². The first kappa shape index (κ1) is 13.9. The van der Waals surface area contributed by atoms with Gasteiger partial charge in [0.25, 0.3) is 0 Å². The molecule has 0 bridgehead atoms. The fourth-order valence-corrected chi connectivity index (χ4v) is 2.46. The molecule has 2 aromatic carbocycles. The number of nitrogens with one attached hydrogen (secondary N) is 1. The SMILES string of the molecule is CCOc1ccc(NCc2cccc(C3CC3)c2)cc1F. The first-order valence-electron chi connectivity index (χ1n) is 7.51. The Morgan fingerprint density at radius 3 is 2.76 bits per heavy atom. The van der Waals surface area contributed by atoms with Crippen molar-refractivity contribution in [3.63, 3.8) is 0 Å². The van der Waals surface area contributed by atoms with Gasteiger partial charge in [0, 0.05) is 18.3 Å². The Morgan fingerprint density at radius 1 is 1.19 bits per heavy atom. The van der Waals surface area contributed by atoms with E-state index in [1.165, 1.54) is 30.0 Å². The van der Waals surface area contributed by atoms with Crippen LogP contribution in [0.1, 0.15) is 36.8 Å². The standard InChI is InChI=1S/C18H20FNO/c1-2-21-18-9-8-16(11-17(18)19)20-12-13-4-3-5-15(10-13)14-6-7-14/h3-5,8-11,14,20H,2,6-7,12H2,1H3. The van der Waals surface area contributed by atoms with Gasteiger partial charge < -0.3 is 10.1 Å². The highest BCUT2D eigenvalue weighted by molar-refractivity contribution is 5.48. The molecule has 0 aliphatic heterocycles. The minimum Gasteiger partial charge on any atom is -0.491 e. The van der Waals surface area contributed by atoms with Crippen LogP contribution in [-0.2, 0) is 6.54 Å². The van der Waals surface area contributed by atoms with Gasteiger partial charge in [0.15, 0.2) is 11.6 Å². The van der Waals surface area contributed by atoms with E-state index in [1.54, 1.807) is 6.07 Å². The maximum Gasteiger partial charge on any atom is 0.167 e. The summed E-state index contributed by atoms with van der Waals surface area (Å²) >= 11 is 0. The third kappa shape index (κ3) is 3.54. The molecule has 1 N–H and O–H groups in total. The molecule has 0 amide bonds. The largest absolute Gasteiger partial charge is 0.491 e. The van der Waals surface area contributed by atoms with Crippen LogP contribution in [0.15, 0.2) is 42.5 Å². The average Bonchev–Trinajstić information content (AvgIpc) is 3.33. The lowest BCUT2D eigenvalue weighted by Gasteiger charge is -2.10. The van der Waals surface area contributed by atoms with Crippen LogP contribution in [0.2, 0.25) is 0 Å². The van der Waals surface area contributed by atoms with Crippen molar-refractivity contribution < 1.29 is 9.13 Å². The fourth-order valence-electron chi connectivity index (χ4n) is 2.46. The Bertz CT molecular complexity index is 622. The Kier molecular flexibility index (Phi) is 4.09. The van der Waals surface area contributed by atoms with E-state index >= 15 is 0 Å². The van der Waals surface area contributed by atoms with Crippen molar-refractivity contribution in [1.82, 2.24) is 0 Å². The van der Waals surface area contributed by atoms with Crippen LogP contribution in [0.25, 0.3) is 0 Å². The molecule has 1 saturated carbocycles. The lowest BCUT2D eigenvalue weighted by molar-refractivity contribution is 0.321. The predicted octanol–water partition coefficient (Wildman–Crippen LogP) is 4.71. The second-order valence-corrected chi connectivity index (χ2v) is 5.45. The van der Waals surface area contributed by atoms with E-state index in [4.69, 9.17) is 4.74 Å². The summed E-state index contributed by atoms with van der Waals surface area (Å²) in [4.78, 5) is 0. The van der Waals surface area contributed by atoms with Gasteiger partial charge in [-0.05, 0) is 48.9 Å². The molecule has 1 fully saturated rings. The molecule has 0 spiro atoms. The predicted molar refractivity (Wildman–Crippen MR) is 83.3 cm³/mol. The summed E-state index contributed by atoms with van der Waals surface area (Å²) in [5.74, 6) is 0.736. The highest BCUT2D eigenvalue weighted by atomic mass is 19.1. The van der Waals surface area contributed by atoms with Crippen LogP contribution in [0.4, 0.5) is 10.1 Å². The number of benzene rings is 2. The molecule has 2 aromatic rings. The van der Waals surface area contributed by atoms with E-state index < -0.39 is 0 Å². The summed E-state index contributed by atoms with van der Waals surface area (Å²) in [5, 5.41) is 3.26. The number of hydrogen-bond donors (Lipinski definition) is 1. The van der Waals surface area contributed by atoms with E-state index in [0.29, 0.717) is 18.9 Å². The molecule has 3 heteroatoms. The van der Waals surface area contributed by atoms with Crippen molar-refractivity contribution in [2.75, 3.05) is 11.9 Å². The first-order chi connectivity index (χ1) is 10.3. The van der Waals surface area contributed by atoms with Crippen molar-refractivity contribution in [3.8, 4) is 5.75 Å². The summed E-state index contributed by atoms with van der Waals surface area (Å²) in [6.07, 6.45) is 2.61. The first-order valence-corrected chi connectivity index (χ1v) is 7.51. The zero-order valence-corrected chi connectivity index (χ0v) is 12.2. The molecule has 1 aliphatic rings. The van der Waals surface area contributed by atoms with Crippen LogP contribution in [0, 0.1) is 5.82 Å². The summed E-state index contributed by atoms with van der Waals surface area (Å²) in [5.41, 5.74) is 3.42. The lowest BCUT2D eigenvalue weighted by atomic mass is 10.1. The van der Waals surface area contributed by atoms with E-state index in [1.807, 2.05) is 13.0 Å². The van der Waals surface area contributed by atoms with Gasteiger partial charge in [-0.3, -0.25) is 0 Å². The molecule has 0 heterocycles. The Hall–Kier alpha value is -2.03. The Morgan fingerprint density at radius 2 is 2.05 bits per heavy atom. The Balaban J connectivity index is 1.64. The van der Waals surface area contributed by atoms with Crippen molar-refractivity contribution in [2.45, 2.75) is 32.2 Å². The van der Waals surface area contributed by atoms with Gasteiger partial charge in [0.1, 0.15) is 0 Å². The number of hydrogen-bond acceptors (Lipinski definition) is 2. The molecular formula is C18H20FNO. The molecule has 3 rings (SSSR count). The average molecular weight is 285 g/mol. The van der Waals surface area contributed by atoms with Crippen molar-refractivity contribution in [1.29, 1.82) is 0 Å². The van der Waals surface area contributed by atoms with Crippen molar-refractivity contribution in [3.05, 3.63) is 59.4 Å². The molecule has 1 aliphatic carbocycles. The summed E-state index contributed by atoms with van der Waals surface area (Å²) < 4.78 is 19.0.